The van der Waals surface area contributed by atoms with Gasteiger partial charge in [0, 0.05) is 5.69 Å². The predicted octanol–water partition coefficient (Wildman–Crippen LogP) is 4.84. The van der Waals surface area contributed by atoms with Crippen molar-refractivity contribution in [3.8, 4) is 6.07 Å². The Kier molecular flexibility index (Phi) is 7.10. The topological polar surface area (TPSA) is 70.8 Å². The number of carbonyl (C=O) groups is 1. The quantitative estimate of drug-likeness (QED) is 0.420. The summed E-state index contributed by atoms with van der Waals surface area (Å²) in [6.07, 6.45) is -1.10. The fraction of sp³-hybridized carbons (Fsp3) is 0.423. The van der Waals surface area contributed by atoms with Crippen LogP contribution in [0.4, 0.5) is 24.5 Å². The molecule has 2 aliphatic rings. The molecule has 1 saturated carbocycles. The molecule has 1 atom stereocenters. The summed E-state index contributed by atoms with van der Waals surface area (Å²) < 4.78 is 40.7. The fourth-order valence-corrected chi connectivity index (χ4v) is 5.24. The normalized spacial score (nSPS) is 18.1. The number of benzene rings is 2. The number of rotatable bonds is 7. The number of nitrogens with zero attached hydrogens (tertiary/aromatic N) is 4. The van der Waals surface area contributed by atoms with Gasteiger partial charge in [0.2, 0.25) is 0 Å². The van der Waals surface area contributed by atoms with Crippen LogP contribution in [0.2, 0.25) is 0 Å². The van der Waals surface area contributed by atoms with Crippen LogP contribution >= 0.6 is 12.2 Å². The molecule has 0 aromatic heterocycles. The van der Waals surface area contributed by atoms with Crippen LogP contribution in [0.1, 0.15) is 48.8 Å². The van der Waals surface area contributed by atoms with Crippen molar-refractivity contribution in [2.45, 2.75) is 56.5 Å². The van der Waals surface area contributed by atoms with Crippen molar-refractivity contribution >= 4 is 34.6 Å². The minimum absolute atomic E-state index is 0.00108. The molecule has 1 amide bonds. The van der Waals surface area contributed by atoms with Crippen molar-refractivity contribution in [2.75, 3.05) is 23.9 Å². The standard InChI is InChI=1S/C26H27F3N4O2S/c1-31(2)22(34)6-3-5-17-7-10-19(11-8-17)33-24(36)32(23(35)25(33)13-4-14-25)20-12-9-18(16-30)21(15-20)26(27,28)29/h7-12,15,22,34H,3-6,13-14H2,1-2H3. The number of aliphatic hydroxyl groups excluding tert-OH is 1. The average Bonchev–Trinajstić information content (AvgIpc) is 3.05. The van der Waals surface area contributed by atoms with Crippen molar-refractivity contribution in [3.05, 3.63) is 59.2 Å². The number of hydrogen-bond acceptors (Lipinski definition) is 5. The van der Waals surface area contributed by atoms with Crippen molar-refractivity contribution in [2.24, 2.45) is 0 Å². The van der Waals surface area contributed by atoms with E-state index in [1.807, 2.05) is 38.4 Å². The molecule has 190 valence electrons. The number of aryl methyl sites for hydroxylation is 1. The van der Waals surface area contributed by atoms with Gasteiger partial charge < -0.3 is 10.0 Å². The first-order valence-corrected chi connectivity index (χ1v) is 12.1. The maximum atomic E-state index is 13.6. The van der Waals surface area contributed by atoms with E-state index in [0.29, 0.717) is 24.9 Å². The highest BCUT2D eigenvalue weighted by Gasteiger charge is 2.59. The van der Waals surface area contributed by atoms with Crippen LogP contribution in [0.15, 0.2) is 42.5 Å². The van der Waals surface area contributed by atoms with E-state index >= 15 is 0 Å². The van der Waals surface area contributed by atoms with E-state index in [9.17, 15) is 23.1 Å². The molecule has 1 spiro atoms. The van der Waals surface area contributed by atoms with Gasteiger partial charge >= 0.3 is 6.18 Å². The van der Waals surface area contributed by atoms with Crippen LogP contribution in [0.5, 0.6) is 0 Å². The zero-order chi connectivity index (χ0) is 26.3. The molecule has 1 aliphatic heterocycles. The lowest BCUT2D eigenvalue weighted by atomic mass is 9.75. The molecule has 2 fully saturated rings. The summed E-state index contributed by atoms with van der Waals surface area (Å²) in [7, 11) is 3.64. The molecule has 1 heterocycles. The van der Waals surface area contributed by atoms with Crippen molar-refractivity contribution in [3.63, 3.8) is 0 Å². The van der Waals surface area contributed by atoms with E-state index in [-0.39, 0.29) is 16.7 Å². The second-order valence-electron chi connectivity index (χ2n) is 9.49. The molecular weight excluding hydrogens is 489 g/mol. The molecular formula is C26H27F3N4O2S. The van der Waals surface area contributed by atoms with E-state index in [1.54, 1.807) is 15.9 Å². The van der Waals surface area contributed by atoms with Gasteiger partial charge in [-0.2, -0.15) is 18.4 Å². The van der Waals surface area contributed by atoms with Crippen LogP contribution in [-0.2, 0) is 17.4 Å². The summed E-state index contributed by atoms with van der Waals surface area (Å²) in [4.78, 5) is 18.3. The third-order valence-corrected chi connectivity index (χ3v) is 7.36. The lowest BCUT2D eigenvalue weighted by molar-refractivity contribution is -0.137. The first-order chi connectivity index (χ1) is 17.0. The molecule has 0 bridgehead atoms. The summed E-state index contributed by atoms with van der Waals surface area (Å²) in [5, 5.41) is 19.2. The van der Waals surface area contributed by atoms with Gasteiger partial charge in [-0.05, 0) is 101 Å². The number of thiocarbonyl (C=S) groups is 1. The molecule has 2 aromatic carbocycles. The highest BCUT2D eigenvalue weighted by atomic mass is 32.1. The molecule has 10 heteroatoms. The highest BCUT2D eigenvalue weighted by molar-refractivity contribution is 7.81. The Bertz CT molecular complexity index is 1200. The Morgan fingerprint density at radius 2 is 1.81 bits per heavy atom. The Balaban J connectivity index is 1.60. The number of alkyl halides is 3. The first-order valence-electron chi connectivity index (χ1n) is 11.7. The highest BCUT2D eigenvalue weighted by Crippen LogP contribution is 2.48. The predicted molar refractivity (Wildman–Crippen MR) is 134 cm³/mol. The number of aliphatic hydroxyl groups is 1. The van der Waals surface area contributed by atoms with Crippen LogP contribution in [0, 0.1) is 11.3 Å². The SMILES string of the molecule is CN(C)C(O)CCCc1ccc(N2C(=S)N(c3ccc(C#N)c(C(F)(F)F)c3)C(=O)C23CCC3)cc1. The van der Waals surface area contributed by atoms with Gasteiger partial charge in [-0.1, -0.05) is 12.1 Å². The largest absolute Gasteiger partial charge is 0.417 e. The number of amides is 1. The van der Waals surface area contributed by atoms with Gasteiger partial charge in [-0.3, -0.25) is 14.6 Å². The van der Waals surface area contributed by atoms with Gasteiger partial charge in [0.15, 0.2) is 5.11 Å². The summed E-state index contributed by atoms with van der Waals surface area (Å²) >= 11 is 5.66. The zero-order valence-corrected chi connectivity index (χ0v) is 20.9. The van der Waals surface area contributed by atoms with Gasteiger partial charge in [0.1, 0.15) is 11.8 Å². The third-order valence-electron chi connectivity index (χ3n) is 7.00. The summed E-state index contributed by atoms with van der Waals surface area (Å²) in [5.41, 5.74) is -0.738. The Labute approximate surface area is 213 Å². The Morgan fingerprint density at radius 1 is 1.17 bits per heavy atom. The molecule has 2 aromatic rings. The lowest BCUT2D eigenvalue weighted by Crippen LogP contribution is -2.55. The molecule has 0 radical (unpaired) electrons. The third kappa shape index (κ3) is 4.59. The van der Waals surface area contributed by atoms with Gasteiger partial charge in [0.25, 0.3) is 5.91 Å². The van der Waals surface area contributed by atoms with Crippen LogP contribution in [0.25, 0.3) is 0 Å². The van der Waals surface area contributed by atoms with Crippen LogP contribution in [-0.4, -0.2) is 46.9 Å². The Hall–Kier alpha value is -3.00. The molecule has 1 aliphatic carbocycles. The number of carbonyl (C=O) groups excluding carboxylic acids is 1. The number of anilines is 2. The maximum absolute atomic E-state index is 13.6. The van der Waals surface area contributed by atoms with Crippen molar-refractivity contribution in [1.82, 2.24) is 4.90 Å². The van der Waals surface area contributed by atoms with E-state index < -0.39 is 29.1 Å². The summed E-state index contributed by atoms with van der Waals surface area (Å²) in [6, 6.07) is 12.4. The molecule has 1 saturated heterocycles. The second-order valence-corrected chi connectivity index (χ2v) is 9.85. The Morgan fingerprint density at radius 3 is 2.33 bits per heavy atom. The maximum Gasteiger partial charge on any atom is 0.417 e. The number of halogens is 3. The number of nitriles is 1. The lowest BCUT2D eigenvalue weighted by Gasteiger charge is -2.43. The van der Waals surface area contributed by atoms with Crippen molar-refractivity contribution in [1.29, 1.82) is 5.26 Å². The van der Waals surface area contributed by atoms with Crippen LogP contribution in [0.3, 0.4) is 0 Å². The zero-order valence-electron chi connectivity index (χ0n) is 20.0. The van der Waals surface area contributed by atoms with E-state index in [0.717, 1.165) is 37.0 Å². The summed E-state index contributed by atoms with van der Waals surface area (Å²) in [6.45, 7) is 0. The molecule has 6 nitrogen and oxygen atoms in total. The average molecular weight is 517 g/mol. The minimum Gasteiger partial charge on any atom is -0.378 e. The van der Waals surface area contributed by atoms with Gasteiger partial charge in [0.05, 0.1) is 22.9 Å². The molecule has 36 heavy (non-hydrogen) atoms. The van der Waals surface area contributed by atoms with E-state index in [2.05, 4.69) is 0 Å². The smallest absolute Gasteiger partial charge is 0.378 e. The van der Waals surface area contributed by atoms with E-state index in [4.69, 9.17) is 17.5 Å². The monoisotopic (exact) mass is 516 g/mol. The van der Waals surface area contributed by atoms with Gasteiger partial charge in [-0.25, -0.2) is 0 Å². The molecule has 4 rings (SSSR count). The van der Waals surface area contributed by atoms with Crippen LogP contribution < -0.4 is 9.80 Å². The molecule has 1 N–H and O–H groups in total. The second kappa shape index (κ2) is 9.81. The number of hydrogen-bond donors (Lipinski definition) is 1. The summed E-state index contributed by atoms with van der Waals surface area (Å²) in [5.74, 6) is -0.349. The molecule has 1 unspecified atom stereocenters. The first kappa shape index (κ1) is 26.1. The van der Waals surface area contributed by atoms with Gasteiger partial charge in [-0.15, -0.1) is 0 Å². The minimum atomic E-state index is -4.74. The van der Waals surface area contributed by atoms with E-state index in [1.165, 1.54) is 11.0 Å². The fourth-order valence-electron chi connectivity index (χ4n) is 4.77. The van der Waals surface area contributed by atoms with Crippen molar-refractivity contribution < 1.29 is 23.1 Å².